The molecule has 0 heterocycles. The van der Waals surface area contributed by atoms with E-state index in [0.717, 1.165) is 12.1 Å². The summed E-state index contributed by atoms with van der Waals surface area (Å²) in [5.41, 5.74) is -0.480. The summed E-state index contributed by atoms with van der Waals surface area (Å²) in [7, 11) is 0. The van der Waals surface area contributed by atoms with Crippen LogP contribution in [0.3, 0.4) is 0 Å². The minimum Gasteiger partial charge on any atom is -0.324 e. The van der Waals surface area contributed by atoms with Gasteiger partial charge in [0.1, 0.15) is 5.82 Å². The molecule has 2 nitrogen and oxygen atoms in total. The second-order valence-electron chi connectivity index (χ2n) is 4.07. The lowest BCUT2D eigenvalue weighted by molar-refractivity contribution is -0.258. The smallest absolute Gasteiger partial charge is 0.324 e. The number of rotatable bonds is 2. The highest BCUT2D eigenvalue weighted by Crippen LogP contribution is 2.48. The van der Waals surface area contributed by atoms with E-state index in [2.05, 4.69) is 11.6 Å². The molecule has 10 heteroatoms. The first kappa shape index (κ1) is 17.5. The van der Waals surface area contributed by atoms with Crippen LogP contribution in [-0.4, -0.2) is 23.1 Å². The zero-order valence-electron chi connectivity index (χ0n) is 10.2. The van der Waals surface area contributed by atoms with Crippen LogP contribution in [0.15, 0.2) is 18.2 Å². The summed E-state index contributed by atoms with van der Waals surface area (Å²) < 4.78 is 88.2. The van der Waals surface area contributed by atoms with Gasteiger partial charge in [0.05, 0.1) is 0 Å². The van der Waals surface area contributed by atoms with Gasteiger partial charge in [-0.1, -0.05) is 17.7 Å². The second kappa shape index (κ2) is 5.36. The first-order valence-corrected chi connectivity index (χ1v) is 5.58. The number of hydrogen-bond donors (Lipinski definition) is 1. The fourth-order valence-electron chi connectivity index (χ4n) is 1.36. The molecule has 0 saturated heterocycles. The molecule has 1 aromatic carbocycles. The predicted molar refractivity (Wildman–Crippen MR) is 60.5 cm³/mol. The summed E-state index contributed by atoms with van der Waals surface area (Å²) in [5.74, 6) is -3.51. The lowest BCUT2D eigenvalue weighted by Gasteiger charge is -2.30. The molecule has 0 aromatic heterocycles. The number of hydrogen-bond acceptors (Lipinski definition) is 1. The van der Waals surface area contributed by atoms with E-state index in [1.165, 1.54) is 12.2 Å². The molecule has 1 aromatic rings. The van der Waals surface area contributed by atoms with E-state index in [9.17, 15) is 35.5 Å². The van der Waals surface area contributed by atoms with Gasteiger partial charge in [-0.05, 0) is 24.6 Å². The molecule has 0 radical (unpaired) electrons. The summed E-state index contributed by atoms with van der Waals surface area (Å²) >= 11 is 4.53. The first-order valence-electron chi connectivity index (χ1n) is 5.20. The van der Waals surface area contributed by atoms with Crippen LogP contribution in [0.4, 0.5) is 36.4 Å². The van der Waals surface area contributed by atoms with Gasteiger partial charge in [0.2, 0.25) is 0 Å². The van der Waals surface area contributed by atoms with Gasteiger partial charge in [0, 0.05) is 5.69 Å². The third-order valence-corrected chi connectivity index (χ3v) is 3.14. The van der Waals surface area contributed by atoms with E-state index in [1.807, 2.05) is 0 Å². The molecule has 0 unspecified atom stereocenters. The van der Waals surface area contributed by atoms with Gasteiger partial charge in [-0.2, -0.15) is 26.3 Å². The Morgan fingerprint density at radius 2 is 1.57 bits per heavy atom. The van der Waals surface area contributed by atoms with Gasteiger partial charge in [-0.15, -0.1) is 0 Å². The Kier molecular flexibility index (Phi) is 4.48. The van der Waals surface area contributed by atoms with Crippen LogP contribution in [-0.2, 0) is 4.79 Å². The maximum absolute atomic E-state index is 12.9. The third kappa shape index (κ3) is 3.22. The van der Waals surface area contributed by atoms with Gasteiger partial charge in [0.25, 0.3) is 5.91 Å². The molecule has 1 N–H and O–H groups in total. The van der Waals surface area contributed by atoms with Gasteiger partial charge in [-0.25, -0.2) is 4.39 Å². The zero-order chi connectivity index (χ0) is 16.6. The van der Waals surface area contributed by atoms with Crippen LogP contribution >= 0.6 is 11.6 Å². The summed E-state index contributed by atoms with van der Waals surface area (Å²) in [6, 6.07) is 2.58. The number of alkyl halides is 7. The monoisotopic (exact) mass is 337 g/mol. The summed E-state index contributed by atoms with van der Waals surface area (Å²) in [6.45, 7) is 1.26. The van der Waals surface area contributed by atoms with E-state index < -0.39 is 34.6 Å². The van der Waals surface area contributed by atoms with Gasteiger partial charge < -0.3 is 5.32 Å². The van der Waals surface area contributed by atoms with Gasteiger partial charge in [0.15, 0.2) is 0 Å². The van der Waals surface area contributed by atoms with Crippen LogP contribution in [0.5, 0.6) is 0 Å². The fraction of sp³-hybridized carbons (Fsp3) is 0.364. The predicted octanol–water partition coefficient (Wildman–Crippen LogP) is 4.17. The van der Waals surface area contributed by atoms with Crippen LogP contribution in [0.1, 0.15) is 5.56 Å². The third-order valence-electron chi connectivity index (χ3n) is 2.54. The summed E-state index contributed by atoms with van der Waals surface area (Å²) in [5, 5.41) is 1.35. The number of amides is 1. The van der Waals surface area contributed by atoms with E-state index >= 15 is 0 Å². The quantitative estimate of drug-likeness (QED) is 0.637. The molecule has 0 fully saturated rings. The number of aryl methyl sites for hydroxylation is 1. The first-order chi connectivity index (χ1) is 9.30. The molecule has 21 heavy (non-hydrogen) atoms. The van der Waals surface area contributed by atoms with E-state index in [0.29, 0.717) is 6.07 Å². The van der Waals surface area contributed by atoms with Gasteiger partial charge in [-0.3, -0.25) is 4.79 Å². The standard InChI is InChI=1S/C11H7ClF7NO/c1-5-2-3-6(13)4-7(5)20-8(21)9(12,10(14,15)16)11(17,18)19/h2-4H,1H3,(H,20,21). The maximum Gasteiger partial charge on any atom is 0.425 e. The number of carbonyl (C=O) groups excluding carboxylic acids is 1. The Morgan fingerprint density at radius 1 is 1.10 bits per heavy atom. The van der Waals surface area contributed by atoms with E-state index in [4.69, 9.17) is 0 Å². The van der Waals surface area contributed by atoms with Crippen molar-refractivity contribution in [3.05, 3.63) is 29.6 Å². The average Bonchev–Trinajstić information content (AvgIpc) is 2.29. The molecule has 0 atom stereocenters. The molecular formula is C11H7ClF7NO. The highest BCUT2D eigenvalue weighted by molar-refractivity contribution is 6.38. The number of benzene rings is 1. The number of nitrogens with one attached hydrogen (secondary N) is 1. The fourth-order valence-corrected chi connectivity index (χ4v) is 1.40. The Balaban J connectivity index is 3.24. The van der Waals surface area contributed by atoms with Crippen molar-refractivity contribution in [3.8, 4) is 0 Å². The van der Waals surface area contributed by atoms with Crippen molar-refractivity contribution in [1.82, 2.24) is 0 Å². The Labute approximate surface area is 118 Å². The molecule has 1 rings (SSSR count). The average molecular weight is 338 g/mol. The zero-order valence-corrected chi connectivity index (χ0v) is 10.9. The van der Waals surface area contributed by atoms with Crippen LogP contribution in [0.25, 0.3) is 0 Å². The molecule has 1 amide bonds. The van der Waals surface area contributed by atoms with E-state index in [1.54, 1.807) is 0 Å². The number of anilines is 1. The molecule has 0 spiro atoms. The van der Waals surface area contributed by atoms with Crippen molar-refractivity contribution >= 4 is 23.2 Å². The topological polar surface area (TPSA) is 29.1 Å². The minimum atomic E-state index is -6.09. The van der Waals surface area contributed by atoms with Crippen LogP contribution in [0, 0.1) is 12.7 Å². The van der Waals surface area contributed by atoms with Crippen molar-refractivity contribution in [2.45, 2.75) is 24.2 Å². The Bertz CT molecular complexity index is 538. The van der Waals surface area contributed by atoms with Gasteiger partial charge >= 0.3 is 17.2 Å². The Morgan fingerprint density at radius 3 is 2.00 bits per heavy atom. The van der Waals surface area contributed by atoms with Crippen molar-refractivity contribution in [3.63, 3.8) is 0 Å². The molecule has 0 aliphatic rings. The van der Waals surface area contributed by atoms with Crippen molar-refractivity contribution in [2.75, 3.05) is 5.32 Å². The molecular weight excluding hydrogens is 331 g/mol. The number of carbonyl (C=O) groups is 1. The minimum absolute atomic E-state index is 0.0631. The van der Waals surface area contributed by atoms with Crippen molar-refractivity contribution < 1.29 is 35.5 Å². The SMILES string of the molecule is Cc1ccc(F)cc1NC(=O)C(Cl)(C(F)(F)F)C(F)(F)F. The van der Waals surface area contributed by atoms with E-state index in [-0.39, 0.29) is 5.56 Å². The highest BCUT2D eigenvalue weighted by atomic mass is 35.5. The maximum atomic E-state index is 12.9. The number of halogens is 8. The highest BCUT2D eigenvalue weighted by Gasteiger charge is 2.75. The van der Waals surface area contributed by atoms with Crippen molar-refractivity contribution in [2.24, 2.45) is 0 Å². The molecule has 118 valence electrons. The molecule has 0 saturated carbocycles. The summed E-state index contributed by atoms with van der Waals surface area (Å²) in [4.78, 5) is 6.26. The molecule has 0 aliphatic carbocycles. The molecule has 0 bridgehead atoms. The normalized spacial score (nSPS) is 13.2. The van der Waals surface area contributed by atoms with Crippen molar-refractivity contribution in [1.29, 1.82) is 0 Å². The lowest BCUT2D eigenvalue weighted by Crippen LogP contribution is -2.60. The largest absolute Gasteiger partial charge is 0.425 e. The summed E-state index contributed by atoms with van der Waals surface area (Å²) in [6.07, 6.45) is -12.2. The second-order valence-corrected chi connectivity index (χ2v) is 4.63. The Hall–Kier alpha value is -1.51. The van der Waals surface area contributed by atoms with Crippen LogP contribution < -0.4 is 5.32 Å². The van der Waals surface area contributed by atoms with Crippen LogP contribution in [0.2, 0.25) is 0 Å². The molecule has 0 aliphatic heterocycles. The lowest BCUT2D eigenvalue weighted by atomic mass is 10.1.